The van der Waals surface area contributed by atoms with Gasteiger partial charge in [-0.05, 0) is 5.41 Å². The fourth-order valence-electron chi connectivity index (χ4n) is 1.97. The van der Waals surface area contributed by atoms with E-state index < -0.39 is 0 Å². The van der Waals surface area contributed by atoms with Crippen LogP contribution in [-0.2, 0) is 5.41 Å². The zero-order valence-corrected chi connectivity index (χ0v) is 12.2. The smallest absolute Gasteiger partial charge is 0.258 e. The molecular formula is C14H14ClN3O2. The van der Waals surface area contributed by atoms with Gasteiger partial charge in [0.15, 0.2) is 0 Å². The summed E-state index contributed by atoms with van der Waals surface area (Å²) < 4.78 is 0. The second kappa shape index (κ2) is 5.17. The van der Waals surface area contributed by atoms with E-state index in [1.54, 1.807) is 12.1 Å². The molecule has 0 bridgehead atoms. The maximum atomic E-state index is 11.3. The molecule has 0 radical (unpaired) electrons. The Bertz CT molecular complexity index is 666. The molecule has 2 rings (SSSR count). The van der Waals surface area contributed by atoms with Crippen molar-refractivity contribution in [3.05, 3.63) is 51.4 Å². The van der Waals surface area contributed by atoms with Crippen LogP contribution in [0.5, 0.6) is 0 Å². The van der Waals surface area contributed by atoms with Gasteiger partial charge in [0.1, 0.15) is 11.5 Å². The lowest BCUT2D eigenvalue weighted by molar-refractivity contribution is -0.385. The summed E-state index contributed by atoms with van der Waals surface area (Å²) in [4.78, 5) is 18.8. The lowest BCUT2D eigenvalue weighted by atomic mass is 9.85. The van der Waals surface area contributed by atoms with Gasteiger partial charge in [0.25, 0.3) is 5.69 Å². The van der Waals surface area contributed by atoms with Crippen molar-refractivity contribution in [2.75, 3.05) is 0 Å². The minimum absolute atomic E-state index is 0.0877. The Hall–Kier alpha value is -2.01. The van der Waals surface area contributed by atoms with Crippen molar-refractivity contribution in [3.8, 4) is 11.3 Å². The number of aromatic nitrogens is 2. The van der Waals surface area contributed by atoms with E-state index >= 15 is 0 Å². The molecule has 2 aromatic rings. The summed E-state index contributed by atoms with van der Waals surface area (Å²) in [6, 6.07) is 6.69. The average Bonchev–Trinajstić information content (AvgIpc) is 2.37. The van der Waals surface area contributed by atoms with Crippen molar-refractivity contribution in [2.24, 2.45) is 0 Å². The topological polar surface area (TPSA) is 68.9 Å². The van der Waals surface area contributed by atoms with Gasteiger partial charge in [-0.1, -0.05) is 44.5 Å². The average molecular weight is 292 g/mol. The molecule has 0 saturated heterocycles. The van der Waals surface area contributed by atoms with Crippen LogP contribution in [0.4, 0.5) is 5.69 Å². The lowest BCUT2D eigenvalue weighted by Gasteiger charge is -2.19. The van der Waals surface area contributed by atoms with E-state index in [-0.39, 0.29) is 16.0 Å². The Morgan fingerprint density at radius 2 is 1.90 bits per heavy atom. The number of halogens is 1. The molecule has 0 fully saturated rings. The fraction of sp³-hybridized carbons (Fsp3) is 0.286. The predicted octanol–water partition coefficient (Wildman–Crippen LogP) is 4.00. The third-order valence-electron chi connectivity index (χ3n) is 2.93. The summed E-state index contributed by atoms with van der Waals surface area (Å²) >= 11 is 5.82. The Morgan fingerprint density at radius 1 is 1.20 bits per heavy atom. The number of nitro benzene ring substituents is 1. The summed E-state index contributed by atoms with van der Waals surface area (Å²) in [5.41, 5.74) is 1.68. The van der Waals surface area contributed by atoms with Crippen molar-refractivity contribution in [3.63, 3.8) is 0 Å². The molecule has 0 N–H and O–H groups in total. The maximum Gasteiger partial charge on any atom is 0.273 e. The van der Waals surface area contributed by atoms with Crippen LogP contribution < -0.4 is 0 Å². The molecule has 1 aromatic carbocycles. The van der Waals surface area contributed by atoms with Gasteiger partial charge in [0.05, 0.1) is 10.6 Å². The number of nitro groups is 1. The summed E-state index contributed by atoms with van der Waals surface area (Å²) in [5, 5.41) is 11.6. The Morgan fingerprint density at radius 3 is 2.45 bits per heavy atom. The van der Waals surface area contributed by atoms with Crippen LogP contribution >= 0.6 is 11.6 Å². The number of nitrogens with zero attached hydrogens (tertiary/aromatic N) is 3. The lowest BCUT2D eigenvalue weighted by Crippen LogP contribution is -2.13. The summed E-state index contributed by atoms with van der Waals surface area (Å²) in [6.45, 7) is 5.82. The molecule has 0 aliphatic rings. The van der Waals surface area contributed by atoms with Gasteiger partial charge in [-0.25, -0.2) is 9.97 Å². The van der Waals surface area contributed by atoms with E-state index in [0.29, 0.717) is 22.0 Å². The highest BCUT2D eigenvalue weighted by Gasteiger charge is 2.25. The first-order valence-electron chi connectivity index (χ1n) is 6.06. The molecule has 0 saturated carbocycles. The zero-order valence-electron chi connectivity index (χ0n) is 11.4. The van der Waals surface area contributed by atoms with E-state index in [1.165, 1.54) is 12.4 Å². The Balaban J connectivity index is 2.59. The summed E-state index contributed by atoms with van der Waals surface area (Å²) in [6.07, 6.45) is 1.33. The molecule has 1 aromatic heterocycles. The van der Waals surface area contributed by atoms with Gasteiger partial charge in [-0.2, -0.15) is 0 Å². The van der Waals surface area contributed by atoms with Crippen molar-refractivity contribution in [1.29, 1.82) is 0 Å². The molecule has 0 unspecified atom stereocenters. The summed E-state index contributed by atoms with van der Waals surface area (Å²) in [7, 11) is 0. The van der Waals surface area contributed by atoms with Gasteiger partial charge in [0, 0.05) is 23.3 Å². The second-order valence-electron chi connectivity index (χ2n) is 5.47. The van der Waals surface area contributed by atoms with Crippen molar-refractivity contribution < 1.29 is 4.92 Å². The molecule has 104 valence electrons. The first kappa shape index (κ1) is 14.4. The quantitative estimate of drug-likeness (QED) is 0.476. The van der Waals surface area contributed by atoms with E-state index in [4.69, 9.17) is 11.6 Å². The largest absolute Gasteiger partial charge is 0.273 e. The van der Waals surface area contributed by atoms with Crippen molar-refractivity contribution >= 4 is 17.3 Å². The monoisotopic (exact) mass is 291 g/mol. The molecular weight excluding hydrogens is 278 g/mol. The molecule has 0 spiro atoms. The van der Waals surface area contributed by atoms with Gasteiger partial charge in [-0.15, -0.1) is 0 Å². The molecule has 0 aliphatic heterocycles. The van der Waals surface area contributed by atoms with Crippen LogP contribution in [0.25, 0.3) is 11.3 Å². The second-order valence-corrected chi connectivity index (χ2v) is 5.85. The molecule has 0 amide bonds. The van der Waals surface area contributed by atoms with Gasteiger partial charge in [0.2, 0.25) is 0 Å². The Kier molecular flexibility index (Phi) is 3.72. The third-order valence-corrected chi connectivity index (χ3v) is 3.14. The highest BCUT2D eigenvalue weighted by Crippen LogP contribution is 2.34. The summed E-state index contributed by atoms with van der Waals surface area (Å²) in [5.74, 6) is 0. The number of hydrogen-bond acceptors (Lipinski definition) is 4. The van der Waals surface area contributed by atoms with Gasteiger partial charge in [-0.3, -0.25) is 10.1 Å². The first-order valence-corrected chi connectivity index (χ1v) is 6.43. The fourth-order valence-corrected chi connectivity index (χ4v) is 2.11. The molecule has 5 nitrogen and oxygen atoms in total. The third kappa shape index (κ3) is 2.93. The standard InChI is InChI=1S/C14H14ClN3O2/c1-14(2,3)10-5-4-9(6-12(10)18(19)20)11-7-13(15)17-8-16-11/h4-8H,1-3H3. The van der Waals surface area contributed by atoms with Gasteiger partial charge < -0.3 is 0 Å². The highest BCUT2D eigenvalue weighted by atomic mass is 35.5. The number of hydrogen-bond donors (Lipinski definition) is 0. The first-order chi connectivity index (χ1) is 9.29. The minimum atomic E-state index is -0.368. The zero-order chi connectivity index (χ0) is 14.9. The van der Waals surface area contributed by atoms with Crippen LogP contribution in [-0.4, -0.2) is 14.9 Å². The SMILES string of the molecule is CC(C)(C)c1ccc(-c2cc(Cl)ncn2)cc1[N+](=O)[O-]. The van der Waals surface area contributed by atoms with Crippen molar-refractivity contribution in [2.45, 2.75) is 26.2 Å². The molecule has 6 heteroatoms. The van der Waals surface area contributed by atoms with Crippen LogP contribution in [0.15, 0.2) is 30.6 Å². The van der Waals surface area contributed by atoms with Crippen LogP contribution in [0, 0.1) is 10.1 Å². The van der Waals surface area contributed by atoms with E-state index in [1.807, 2.05) is 26.8 Å². The van der Waals surface area contributed by atoms with Crippen molar-refractivity contribution in [1.82, 2.24) is 9.97 Å². The highest BCUT2D eigenvalue weighted by molar-refractivity contribution is 6.29. The van der Waals surface area contributed by atoms with E-state index in [9.17, 15) is 10.1 Å². The predicted molar refractivity (Wildman–Crippen MR) is 77.8 cm³/mol. The molecule has 1 heterocycles. The maximum absolute atomic E-state index is 11.3. The molecule has 20 heavy (non-hydrogen) atoms. The number of benzene rings is 1. The van der Waals surface area contributed by atoms with Crippen LogP contribution in [0.3, 0.4) is 0 Å². The van der Waals surface area contributed by atoms with Gasteiger partial charge >= 0.3 is 0 Å². The van der Waals surface area contributed by atoms with Crippen LogP contribution in [0.2, 0.25) is 5.15 Å². The van der Waals surface area contributed by atoms with Crippen LogP contribution in [0.1, 0.15) is 26.3 Å². The molecule has 0 aliphatic carbocycles. The van der Waals surface area contributed by atoms with E-state index in [0.717, 1.165) is 0 Å². The minimum Gasteiger partial charge on any atom is -0.258 e. The van der Waals surface area contributed by atoms with E-state index in [2.05, 4.69) is 9.97 Å². The normalized spacial score (nSPS) is 11.4. The molecule has 0 atom stereocenters. The Labute approximate surface area is 121 Å². The number of rotatable bonds is 2.